The predicted octanol–water partition coefficient (Wildman–Crippen LogP) is 3.71. The third-order valence-electron chi connectivity index (χ3n) is 5.41. The molecule has 1 N–H and O–H groups in total. The third-order valence-corrected chi connectivity index (χ3v) is 8.62. The van der Waals surface area contributed by atoms with Crippen molar-refractivity contribution >= 4 is 27.0 Å². The minimum Gasteiger partial charge on any atom is -0.367 e. The quantitative estimate of drug-likeness (QED) is 0.680. The first kappa shape index (κ1) is 20.1. The highest BCUT2D eigenvalue weighted by Gasteiger charge is 2.32. The fourth-order valence-corrected chi connectivity index (χ4v) is 6.61. The molecule has 154 valence electrons. The molecule has 9 heteroatoms. The molecule has 0 unspecified atom stereocenters. The molecule has 1 aromatic carbocycles. The summed E-state index contributed by atoms with van der Waals surface area (Å²) in [5.41, 5.74) is 3.30. The number of thiophene rings is 1. The lowest BCUT2D eigenvalue weighted by Gasteiger charge is -2.35. The molecular weight excluding hydrogens is 411 g/mol. The van der Waals surface area contributed by atoms with Crippen LogP contribution >= 0.6 is 11.3 Å². The van der Waals surface area contributed by atoms with Crippen LogP contribution in [0.15, 0.2) is 35.2 Å². The van der Waals surface area contributed by atoms with Crippen molar-refractivity contribution in [1.82, 2.24) is 14.5 Å². The summed E-state index contributed by atoms with van der Waals surface area (Å²) in [4.78, 5) is 3.81. The Balaban J connectivity index is 1.56. The molecule has 0 bridgehead atoms. The number of aromatic amines is 1. The molecule has 2 aromatic heterocycles. The third kappa shape index (κ3) is 3.58. The molecule has 0 spiro atoms. The summed E-state index contributed by atoms with van der Waals surface area (Å²) in [5.74, 6) is -0.285. The summed E-state index contributed by atoms with van der Waals surface area (Å²) in [6, 6.07) is 8.31. The Labute approximate surface area is 174 Å². The first-order chi connectivity index (χ1) is 13.8. The summed E-state index contributed by atoms with van der Waals surface area (Å²) in [7, 11) is -3.62. The SMILES string of the molecule is Cc1[nH]nc(-c2cc(S(=O)(=O)N3CCN(c4ccccc4F)CC3)c(C)s2)c1C. The summed E-state index contributed by atoms with van der Waals surface area (Å²) in [6.45, 7) is 7.29. The van der Waals surface area contributed by atoms with E-state index in [0.717, 1.165) is 26.7 Å². The van der Waals surface area contributed by atoms with Crippen molar-refractivity contribution in [2.45, 2.75) is 25.7 Å². The van der Waals surface area contributed by atoms with Gasteiger partial charge in [0.2, 0.25) is 10.0 Å². The van der Waals surface area contributed by atoms with Crippen LogP contribution in [0.3, 0.4) is 0 Å². The molecular formula is C20H23FN4O2S2. The zero-order chi connectivity index (χ0) is 20.8. The molecule has 0 atom stereocenters. The molecule has 0 radical (unpaired) electrons. The van der Waals surface area contributed by atoms with Gasteiger partial charge in [-0.25, -0.2) is 12.8 Å². The van der Waals surface area contributed by atoms with Gasteiger partial charge in [0.05, 0.1) is 15.5 Å². The Bertz CT molecular complexity index is 1150. The first-order valence-corrected chi connectivity index (χ1v) is 11.7. The van der Waals surface area contributed by atoms with E-state index < -0.39 is 10.0 Å². The fourth-order valence-electron chi connectivity index (χ4n) is 3.58. The van der Waals surface area contributed by atoms with Crippen LogP contribution < -0.4 is 4.90 Å². The number of para-hydroxylation sites is 1. The van der Waals surface area contributed by atoms with Gasteiger partial charge in [0.1, 0.15) is 11.5 Å². The van der Waals surface area contributed by atoms with E-state index in [1.54, 1.807) is 24.3 Å². The van der Waals surface area contributed by atoms with Crippen molar-refractivity contribution in [2.24, 2.45) is 0 Å². The van der Waals surface area contributed by atoms with Crippen molar-refractivity contribution in [3.8, 4) is 10.6 Å². The van der Waals surface area contributed by atoms with Gasteiger partial charge in [0, 0.05) is 36.8 Å². The van der Waals surface area contributed by atoms with Gasteiger partial charge in [0.15, 0.2) is 0 Å². The topological polar surface area (TPSA) is 69.3 Å². The van der Waals surface area contributed by atoms with Gasteiger partial charge in [-0.2, -0.15) is 9.40 Å². The Kier molecular flexibility index (Phi) is 5.22. The number of halogens is 1. The maximum absolute atomic E-state index is 14.0. The molecule has 3 aromatic rings. The van der Waals surface area contributed by atoms with E-state index in [4.69, 9.17) is 0 Å². The molecule has 1 aliphatic heterocycles. The van der Waals surface area contributed by atoms with Crippen LogP contribution in [0, 0.1) is 26.6 Å². The molecule has 1 aliphatic rings. The number of anilines is 1. The molecule has 3 heterocycles. The summed E-state index contributed by atoms with van der Waals surface area (Å²) in [5, 5.41) is 7.27. The Morgan fingerprint density at radius 2 is 1.79 bits per heavy atom. The van der Waals surface area contributed by atoms with Gasteiger partial charge in [-0.05, 0) is 44.5 Å². The van der Waals surface area contributed by atoms with Crippen molar-refractivity contribution in [3.63, 3.8) is 0 Å². The number of aromatic nitrogens is 2. The van der Waals surface area contributed by atoms with Gasteiger partial charge in [0.25, 0.3) is 0 Å². The zero-order valence-electron chi connectivity index (χ0n) is 16.6. The van der Waals surface area contributed by atoms with Crippen LogP contribution in [-0.2, 0) is 10.0 Å². The molecule has 1 saturated heterocycles. The monoisotopic (exact) mass is 434 g/mol. The maximum Gasteiger partial charge on any atom is 0.244 e. The number of rotatable bonds is 4. The van der Waals surface area contributed by atoms with Gasteiger partial charge in [-0.3, -0.25) is 5.10 Å². The highest BCUT2D eigenvalue weighted by atomic mass is 32.2. The van der Waals surface area contributed by atoms with Crippen LogP contribution in [0.4, 0.5) is 10.1 Å². The van der Waals surface area contributed by atoms with Crippen LogP contribution in [-0.4, -0.2) is 49.1 Å². The smallest absolute Gasteiger partial charge is 0.244 e. The van der Waals surface area contributed by atoms with Crippen molar-refractivity contribution in [3.05, 3.63) is 52.3 Å². The van der Waals surface area contributed by atoms with Gasteiger partial charge < -0.3 is 4.90 Å². The van der Waals surface area contributed by atoms with Gasteiger partial charge in [-0.1, -0.05) is 12.1 Å². The number of sulfonamides is 1. The molecule has 0 saturated carbocycles. The minimum absolute atomic E-state index is 0.285. The van der Waals surface area contributed by atoms with E-state index in [-0.39, 0.29) is 5.82 Å². The number of piperazine rings is 1. The fraction of sp³-hybridized carbons (Fsp3) is 0.350. The lowest BCUT2D eigenvalue weighted by atomic mass is 10.2. The average Bonchev–Trinajstić information content (AvgIpc) is 3.25. The number of H-pyrrole nitrogens is 1. The van der Waals surface area contributed by atoms with Gasteiger partial charge in [-0.15, -0.1) is 11.3 Å². The Hall–Kier alpha value is -2.23. The lowest BCUT2D eigenvalue weighted by Crippen LogP contribution is -2.48. The molecule has 4 rings (SSSR count). The van der Waals surface area contributed by atoms with E-state index in [1.807, 2.05) is 25.7 Å². The van der Waals surface area contributed by atoms with E-state index in [2.05, 4.69) is 10.2 Å². The van der Waals surface area contributed by atoms with Crippen LogP contribution in [0.25, 0.3) is 10.6 Å². The second-order valence-electron chi connectivity index (χ2n) is 7.20. The lowest BCUT2D eigenvalue weighted by molar-refractivity contribution is 0.383. The average molecular weight is 435 g/mol. The number of nitrogens with one attached hydrogen (secondary N) is 1. The highest BCUT2D eigenvalue weighted by Crippen LogP contribution is 2.36. The number of nitrogens with zero attached hydrogens (tertiary/aromatic N) is 3. The van der Waals surface area contributed by atoms with E-state index in [1.165, 1.54) is 21.7 Å². The van der Waals surface area contributed by atoms with E-state index in [0.29, 0.717) is 36.8 Å². The van der Waals surface area contributed by atoms with E-state index in [9.17, 15) is 12.8 Å². The number of hydrogen-bond acceptors (Lipinski definition) is 5. The molecule has 1 fully saturated rings. The second-order valence-corrected chi connectivity index (χ2v) is 10.4. The Morgan fingerprint density at radius 1 is 1.10 bits per heavy atom. The number of benzene rings is 1. The Morgan fingerprint density at radius 3 is 2.41 bits per heavy atom. The summed E-state index contributed by atoms with van der Waals surface area (Å²) < 4.78 is 42.1. The van der Waals surface area contributed by atoms with Crippen LogP contribution in [0.2, 0.25) is 0 Å². The van der Waals surface area contributed by atoms with Crippen molar-refractivity contribution in [2.75, 3.05) is 31.1 Å². The normalized spacial score (nSPS) is 15.8. The molecule has 0 amide bonds. The first-order valence-electron chi connectivity index (χ1n) is 9.41. The summed E-state index contributed by atoms with van der Waals surface area (Å²) >= 11 is 1.44. The zero-order valence-corrected chi connectivity index (χ0v) is 18.2. The van der Waals surface area contributed by atoms with Crippen molar-refractivity contribution < 1.29 is 12.8 Å². The van der Waals surface area contributed by atoms with Gasteiger partial charge >= 0.3 is 0 Å². The summed E-state index contributed by atoms with van der Waals surface area (Å²) in [6.07, 6.45) is 0. The van der Waals surface area contributed by atoms with Crippen LogP contribution in [0.1, 0.15) is 16.1 Å². The standard InChI is InChI=1S/C20H23FN4O2S2/c1-13-14(2)22-23-20(13)18-12-19(15(3)28-18)29(26,27)25-10-8-24(9-11-25)17-7-5-4-6-16(17)21/h4-7,12H,8-11H2,1-3H3,(H,22,23). The molecule has 6 nitrogen and oxygen atoms in total. The van der Waals surface area contributed by atoms with E-state index >= 15 is 0 Å². The maximum atomic E-state index is 14.0. The number of aryl methyl sites for hydroxylation is 2. The molecule has 0 aliphatic carbocycles. The second kappa shape index (κ2) is 7.55. The van der Waals surface area contributed by atoms with Crippen molar-refractivity contribution in [1.29, 1.82) is 0 Å². The highest BCUT2D eigenvalue weighted by molar-refractivity contribution is 7.89. The number of hydrogen-bond donors (Lipinski definition) is 1. The van der Waals surface area contributed by atoms with Crippen LogP contribution in [0.5, 0.6) is 0 Å². The largest absolute Gasteiger partial charge is 0.367 e. The minimum atomic E-state index is -3.62. The molecule has 29 heavy (non-hydrogen) atoms. The predicted molar refractivity (Wildman–Crippen MR) is 113 cm³/mol.